The number of nitrogens with zero attached hydrogens (tertiary/aromatic N) is 1. The topological polar surface area (TPSA) is 42.4 Å². The lowest BCUT2D eigenvalue weighted by Gasteiger charge is -2.38. The quantitative estimate of drug-likeness (QED) is 0.874. The van der Waals surface area contributed by atoms with Gasteiger partial charge in [0.05, 0.1) is 6.04 Å². The Labute approximate surface area is 104 Å². The lowest BCUT2D eigenvalue weighted by molar-refractivity contribution is 0.0952. The summed E-state index contributed by atoms with van der Waals surface area (Å²) in [6.07, 6.45) is 4.85. The fourth-order valence-electron chi connectivity index (χ4n) is 2.76. The molecule has 0 aromatic carbocycles. The Morgan fingerprint density at radius 2 is 2.29 bits per heavy atom. The second-order valence-electron chi connectivity index (χ2n) is 4.99. The monoisotopic (exact) mass is 236 g/mol. The van der Waals surface area contributed by atoms with Crippen molar-refractivity contribution in [3.05, 3.63) is 23.7 Å². The van der Waals surface area contributed by atoms with Crippen molar-refractivity contribution in [2.75, 3.05) is 13.1 Å². The van der Waals surface area contributed by atoms with Gasteiger partial charge in [-0.05, 0) is 38.4 Å². The molecule has 2 N–H and O–H groups in total. The minimum atomic E-state index is 0.255. The van der Waals surface area contributed by atoms with E-state index >= 15 is 0 Å². The molecule has 1 aliphatic rings. The molecule has 2 rings (SSSR count). The number of aryl methyl sites for hydroxylation is 1. The van der Waals surface area contributed by atoms with Gasteiger partial charge >= 0.3 is 0 Å². The highest BCUT2D eigenvalue weighted by Gasteiger charge is 2.28. The SMILES string of the molecule is CCc1ccc(C(CN)N2CCCCC2C)o1. The lowest BCUT2D eigenvalue weighted by Crippen LogP contribution is -2.42. The average molecular weight is 236 g/mol. The average Bonchev–Trinajstić information content (AvgIpc) is 2.81. The minimum Gasteiger partial charge on any atom is -0.464 e. The summed E-state index contributed by atoms with van der Waals surface area (Å²) in [7, 11) is 0. The Bertz CT molecular complexity index is 348. The third-order valence-electron chi connectivity index (χ3n) is 3.84. The van der Waals surface area contributed by atoms with E-state index < -0.39 is 0 Å². The van der Waals surface area contributed by atoms with Crippen LogP contribution in [0.25, 0.3) is 0 Å². The third-order valence-corrected chi connectivity index (χ3v) is 3.84. The van der Waals surface area contributed by atoms with E-state index in [-0.39, 0.29) is 6.04 Å². The zero-order chi connectivity index (χ0) is 12.3. The summed E-state index contributed by atoms with van der Waals surface area (Å²) < 4.78 is 5.87. The van der Waals surface area contributed by atoms with Crippen molar-refractivity contribution < 1.29 is 4.42 Å². The highest BCUT2D eigenvalue weighted by molar-refractivity contribution is 5.12. The largest absolute Gasteiger partial charge is 0.464 e. The minimum absolute atomic E-state index is 0.255. The Kier molecular flexibility index (Phi) is 4.24. The first-order chi connectivity index (χ1) is 8.26. The van der Waals surface area contributed by atoms with E-state index in [0.29, 0.717) is 12.6 Å². The molecule has 1 aromatic rings. The maximum absolute atomic E-state index is 5.95. The normalized spacial score (nSPS) is 23.8. The van der Waals surface area contributed by atoms with E-state index in [1.807, 2.05) is 0 Å². The highest BCUT2D eigenvalue weighted by atomic mass is 16.3. The molecule has 0 spiro atoms. The number of rotatable bonds is 4. The van der Waals surface area contributed by atoms with Crippen LogP contribution in [-0.4, -0.2) is 24.0 Å². The first-order valence-electron chi connectivity index (χ1n) is 6.80. The molecular weight excluding hydrogens is 212 g/mol. The van der Waals surface area contributed by atoms with Gasteiger partial charge in [-0.2, -0.15) is 0 Å². The molecule has 0 radical (unpaired) electrons. The van der Waals surface area contributed by atoms with Crippen LogP contribution >= 0.6 is 0 Å². The Hall–Kier alpha value is -0.800. The smallest absolute Gasteiger partial charge is 0.122 e. The molecule has 1 fully saturated rings. The number of piperidine rings is 1. The molecule has 2 unspecified atom stereocenters. The van der Waals surface area contributed by atoms with E-state index in [1.165, 1.54) is 19.3 Å². The van der Waals surface area contributed by atoms with Gasteiger partial charge in [0.1, 0.15) is 11.5 Å². The van der Waals surface area contributed by atoms with Gasteiger partial charge in [0.25, 0.3) is 0 Å². The fraction of sp³-hybridized carbons (Fsp3) is 0.714. The predicted molar refractivity (Wildman–Crippen MR) is 69.9 cm³/mol. The summed E-state index contributed by atoms with van der Waals surface area (Å²) in [4.78, 5) is 2.50. The van der Waals surface area contributed by atoms with Crippen molar-refractivity contribution in [3.63, 3.8) is 0 Å². The van der Waals surface area contributed by atoms with Crippen LogP contribution in [0, 0.1) is 0 Å². The molecule has 1 saturated heterocycles. The summed E-state index contributed by atoms with van der Waals surface area (Å²) in [6, 6.07) is 5.04. The molecule has 17 heavy (non-hydrogen) atoms. The summed E-state index contributed by atoms with van der Waals surface area (Å²) >= 11 is 0. The van der Waals surface area contributed by atoms with E-state index in [4.69, 9.17) is 10.2 Å². The van der Waals surface area contributed by atoms with Gasteiger partial charge in [0.15, 0.2) is 0 Å². The number of hydrogen-bond acceptors (Lipinski definition) is 3. The number of hydrogen-bond donors (Lipinski definition) is 1. The number of furan rings is 1. The van der Waals surface area contributed by atoms with E-state index in [9.17, 15) is 0 Å². The predicted octanol–water partition coefficient (Wildman–Crippen LogP) is 2.72. The zero-order valence-corrected chi connectivity index (χ0v) is 11.0. The standard InChI is InChI=1S/C14H24N2O/c1-3-12-7-8-14(17-12)13(10-15)16-9-5-4-6-11(16)2/h7-8,11,13H,3-6,9-10,15H2,1-2H3. The first kappa shape index (κ1) is 12.7. The van der Waals surface area contributed by atoms with Gasteiger partial charge in [-0.1, -0.05) is 13.3 Å². The van der Waals surface area contributed by atoms with Crippen LogP contribution in [-0.2, 0) is 6.42 Å². The molecule has 0 amide bonds. The van der Waals surface area contributed by atoms with Crippen LogP contribution < -0.4 is 5.73 Å². The van der Waals surface area contributed by atoms with Gasteiger partial charge in [0.2, 0.25) is 0 Å². The van der Waals surface area contributed by atoms with Crippen LogP contribution in [0.3, 0.4) is 0 Å². The highest BCUT2D eigenvalue weighted by Crippen LogP contribution is 2.28. The lowest BCUT2D eigenvalue weighted by atomic mass is 10.00. The van der Waals surface area contributed by atoms with Crippen LogP contribution in [0.5, 0.6) is 0 Å². The molecule has 1 aromatic heterocycles. The molecule has 0 aliphatic carbocycles. The summed E-state index contributed by atoms with van der Waals surface area (Å²) in [5, 5.41) is 0. The van der Waals surface area contributed by atoms with Crippen LogP contribution in [0.15, 0.2) is 16.5 Å². The van der Waals surface area contributed by atoms with Gasteiger partial charge in [-0.15, -0.1) is 0 Å². The van der Waals surface area contributed by atoms with Crippen molar-refractivity contribution in [3.8, 4) is 0 Å². The van der Waals surface area contributed by atoms with Gasteiger partial charge in [-0.3, -0.25) is 4.90 Å². The summed E-state index contributed by atoms with van der Waals surface area (Å²) in [6.45, 7) is 6.20. The summed E-state index contributed by atoms with van der Waals surface area (Å²) in [5.41, 5.74) is 5.95. The maximum Gasteiger partial charge on any atom is 0.122 e. The van der Waals surface area contributed by atoms with Gasteiger partial charge < -0.3 is 10.2 Å². The van der Waals surface area contributed by atoms with Crippen LogP contribution in [0.1, 0.15) is 50.7 Å². The van der Waals surface area contributed by atoms with E-state index in [2.05, 4.69) is 30.9 Å². The molecule has 2 heterocycles. The van der Waals surface area contributed by atoms with Crippen LogP contribution in [0.2, 0.25) is 0 Å². The maximum atomic E-state index is 5.95. The number of likely N-dealkylation sites (tertiary alicyclic amines) is 1. The first-order valence-corrected chi connectivity index (χ1v) is 6.80. The number of nitrogens with two attached hydrogens (primary N) is 1. The third kappa shape index (κ3) is 2.72. The molecular formula is C14H24N2O. The van der Waals surface area contributed by atoms with Crippen molar-refractivity contribution in [2.24, 2.45) is 5.73 Å². The second kappa shape index (κ2) is 5.69. The van der Waals surface area contributed by atoms with Crippen molar-refractivity contribution in [1.82, 2.24) is 4.90 Å². The molecule has 1 aliphatic heterocycles. The Balaban J connectivity index is 2.14. The van der Waals surface area contributed by atoms with Gasteiger partial charge in [0, 0.05) is 19.0 Å². The fourth-order valence-corrected chi connectivity index (χ4v) is 2.76. The van der Waals surface area contributed by atoms with Crippen molar-refractivity contribution in [2.45, 2.75) is 51.6 Å². The second-order valence-corrected chi connectivity index (χ2v) is 4.99. The molecule has 0 saturated carbocycles. The van der Waals surface area contributed by atoms with Crippen molar-refractivity contribution >= 4 is 0 Å². The van der Waals surface area contributed by atoms with E-state index in [0.717, 1.165) is 24.5 Å². The Morgan fingerprint density at radius 3 is 2.88 bits per heavy atom. The van der Waals surface area contributed by atoms with Crippen LogP contribution in [0.4, 0.5) is 0 Å². The van der Waals surface area contributed by atoms with Gasteiger partial charge in [-0.25, -0.2) is 0 Å². The van der Waals surface area contributed by atoms with E-state index in [1.54, 1.807) is 0 Å². The molecule has 96 valence electrons. The zero-order valence-electron chi connectivity index (χ0n) is 11.0. The van der Waals surface area contributed by atoms with Crippen molar-refractivity contribution in [1.29, 1.82) is 0 Å². The Morgan fingerprint density at radius 1 is 1.47 bits per heavy atom. The molecule has 3 heteroatoms. The summed E-state index contributed by atoms with van der Waals surface area (Å²) in [5.74, 6) is 2.10. The molecule has 3 nitrogen and oxygen atoms in total. The molecule has 2 atom stereocenters. The molecule has 0 bridgehead atoms.